The monoisotopic (exact) mass is 359 g/mol. The lowest BCUT2D eigenvalue weighted by atomic mass is 10.1. The molecule has 6 heteroatoms. The molecule has 3 aromatic rings. The van der Waals surface area contributed by atoms with E-state index in [-0.39, 0.29) is 16.5 Å². The summed E-state index contributed by atoms with van der Waals surface area (Å²) in [7, 11) is 0. The van der Waals surface area contributed by atoms with Crippen molar-refractivity contribution in [2.75, 3.05) is 5.32 Å². The number of amides is 1. The van der Waals surface area contributed by atoms with Crippen LogP contribution in [-0.4, -0.2) is 15.9 Å². The molecule has 0 fully saturated rings. The van der Waals surface area contributed by atoms with E-state index in [9.17, 15) is 9.18 Å². The molecule has 1 aromatic heterocycles. The molecule has 2 N–H and O–H groups in total. The molecular weight excluding hydrogens is 341 g/mol. The summed E-state index contributed by atoms with van der Waals surface area (Å²) in [6, 6.07) is 14.2. The van der Waals surface area contributed by atoms with Crippen LogP contribution in [0.3, 0.4) is 0 Å². The number of imidazole rings is 1. The van der Waals surface area contributed by atoms with Crippen LogP contribution < -0.4 is 5.32 Å². The first kappa shape index (κ1) is 18.7. The molecule has 1 heterocycles. The Morgan fingerprint density at radius 3 is 2.60 bits per heavy atom. The van der Waals surface area contributed by atoms with Crippen LogP contribution in [0.2, 0.25) is 5.02 Å². The third-order valence-corrected chi connectivity index (χ3v) is 3.57. The summed E-state index contributed by atoms with van der Waals surface area (Å²) >= 11 is 5.69. The molecule has 0 aliphatic carbocycles. The summed E-state index contributed by atoms with van der Waals surface area (Å²) in [5.74, 6) is -1.07. The molecule has 1 amide bonds. The van der Waals surface area contributed by atoms with Gasteiger partial charge in [0.25, 0.3) is 5.91 Å². The van der Waals surface area contributed by atoms with Crippen molar-refractivity contribution in [3.63, 3.8) is 0 Å². The minimum absolute atomic E-state index is 0.0171. The van der Waals surface area contributed by atoms with Gasteiger partial charge in [-0.25, -0.2) is 9.37 Å². The molecule has 3 rings (SSSR count). The molecule has 0 aliphatic heterocycles. The summed E-state index contributed by atoms with van der Waals surface area (Å²) in [4.78, 5) is 19.1. The van der Waals surface area contributed by atoms with E-state index in [1.165, 1.54) is 12.1 Å². The van der Waals surface area contributed by atoms with Crippen LogP contribution in [0.4, 0.5) is 10.1 Å². The molecule has 0 unspecified atom stereocenters. The second-order valence-electron chi connectivity index (χ2n) is 4.97. The molecule has 2 aromatic carbocycles. The summed E-state index contributed by atoms with van der Waals surface area (Å²) in [5.41, 5.74) is 1.92. The van der Waals surface area contributed by atoms with E-state index in [1.54, 1.807) is 12.3 Å². The van der Waals surface area contributed by atoms with Crippen LogP contribution in [0.5, 0.6) is 0 Å². The van der Waals surface area contributed by atoms with Crippen molar-refractivity contribution in [1.29, 1.82) is 0 Å². The standard InChI is InChI=1S/C17H13ClFN3O.C2H6/c18-13-7-4-8-14(15(13)19)22-17(23)16-20-10-12(21-16)9-11-5-2-1-3-6-11;1-2/h1-8,10H,9H2,(H,20,21)(H,22,23);1-2H3. The highest BCUT2D eigenvalue weighted by Crippen LogP contribution is 2.22. The van der Waals surface area contributed by atoms with Crippen molar-refractivity contribution in [2.45, 2.75) is 20.3 Å². The van der Waals surface area contributed by atoms with Gasteiger partial charge in [-0.15, -0.1) is 0 Å². The lowest BCUT2D eigenvalue weighted by Gasteiger charge is -2.05. The first-order valence-electron chi connectivity index (χ1n) is 7.96. The Balaban J connectivity index is 0.00000109. The second kappa shape index (κ2) is 8.99. The highest BCUT2D eigenvalue weighted by Gasteiger charge is 2.14. The maximum Gasteiger partial charge on any atom is 0.291 e. The van der Waals surface area contributed by atoms with Crippen LogP contribution in [-0.2, 0) is 6.42 Å². The molecule has 0 aliphatic rings. The summed E-state index contributed by atoms with van der Waals surface area (Å²) in [6.45, 7) is 4.00. The lowest BCUT2D eigenvalue weighted by molar-refractivity contribution is 0.101. The number of halogens is 2. The zero-order valence-corrected chi connectivity index (χ0v) is 14.8. The average Bonchev–Trinajstić information content (AvgIpc) is 3.10. The van der Waals surface area contributed by atoms with Gasteiger partial charge >= 0.3 is 0 Å². The van der Waals surface area contributed by atoms with Crippen molar-refractivity contribution >= 4 is 23.2 Å². The van der Waals surface area contributed by atoms with Crippen LogP contribution >= 0.6 is 11.6 Å². The van der Waals surface area contributed by atoms with E-state index in [4.69, 9.17) is 11.6 Å². The molecule has 25 heavy (non-hydrogen) atoms. The molecular formula is C19H19ClFN3O. The number of anilines is 1. The van der Waals surface area contributed by atoms with Crippen LogP contribution in [0.1, 0.15) is 35.7 Å². The van der Waals surface area contributed by atoms with Crippen molar-refractivity contribution in [2.24, 2.45) is 0 Å². The van der Waals surface area contributed by atoms with Crippen LogP contribution in [0.25, 0.3) is 0 Å². The summed E-state index contributed by atoms with van der Waals surface area (Å²) < 4.78 is 13.8. The minimum atomic E-state index is -0.668. The topological polar surface area (TPSA) is 57.8 Å². The smallest absolute Gasteiger partial charge is 0.291 e. The number of carbonyl (C=O) groups excluding carboxylic acids is 1. The molecule has 130 valence electrons. The van der Waals surface area contributed by atoms with Gasteiger partial charge in [0.05, 0.1) is 10.7 Å². The third-order valence-electron chi connectivity index (χ3n) is 3.28. The number of carbonyl (C=O) groups is 1. The fourth-order valence-electron chi connectivity index (χ4n) is 2.16. The number of nitrogens with zero attached hydrogens (tertiary/aromatic N) is 1. The number of aromatic nitrogens is 2. The normalized spacial score (nSPS) is 9.92. The highest BCUT2D eigenvalue weighted by molar-refractivity contribution is 6.31. The Hall–Kier alpha value is -2.66. The molecule has 0 radical (unpaired) electrons. The lowest BCUT2D eigenvalue weighted by Crippen LogP contribution is -2.14. The average molecular weight is 360 g/mol. The Morgan fingerprint density at radius 2 is 1.88 bits per heavy atom. The van der Waals surface area contributed by atoms with Crippen molar-refractivity contribution in [3.8, 4) is 0 Å². The molecule has 0 spiro atoms. The van der Waals surface area contributed by atoms with E-state index in [1.807, 2.05) is 44.2 Å². The van der Waals surface area contributed by atoms with Crippen molar-refractivity contribution in [3.05, 3.63) is 82.6 Å². The van der Waals surface area contributed by atoms with Gasteiger partial charge < -0.3 is 10.3 Å². The van der Waals surface area contributed by atoms with Crippen molar-refractivity contribution < 1.29 is 9.18 Å². The van der Waals surface area contributed by atoms with Gasteiger partial charge in [-0.1, -0.05) is 61.8 Å². The van der Waals surface area contributed by atoms with Gasteiger partial charge in [0.2, 0.25) is 0 Å². The molecule has 0 saturated heterocycles. The predicted octanol–water partition coefficient (Wildman–Crippen LogP) is 5.07. The zero-order valence-electron chi connectivity index (χ0n) is 14.0. The van der Waals surface area contributed by atoms with Gasteiger partial charge in [0, 0.05) is 18.3 Å². The summed E-state index contributed by atoms with van der Waals surface area (Å²) in [6.07, 6.45) is 2.23. The predicted molar refractivity (Wildman–Crippen MR) is 98.5 cm³/mol. The Bertz CT molecular complexity index is 834. The van der Waals surface area contributed by atoms with Crippen LogP contribution in [0.15, 0.2) is 54.7 Å². The fraction of sp³-hybridized carbons (Fsp3) is 0.158. The maximum atomic E-state index is 13.8. The summed E-state index contributed by atoms with van der Waals surface area (Å²) in [5, 5.41) is 2.40. The van der Waals surface area contributed by atoms with E-state index >= 15 is 0 Å². The number of benzene rings is 2. The Labute approximate surface area is 151 Å². The number of hydrogen-bond acceptors (Lipinski definition) is 2. The minimum Gasteiger partial charge on any atom is -0.337 e. The number of aromatic amines is 1. The zero-order chi connectivity index (χ0) is 18.2. The second-order valence-corrected chi connectivity index (χ2v) is 5.38. The van der Waals surface area contributed by atoms with Crippen LogP contribution in [0, 0.1) is 5.82 Å². The first-order valence-corrected chi connectivity index (χ1v) is 8.34. The van der Waals surface area contributed by atoms with Crippen molar-refractivity contribution in [1.82, 2.24) is 9.97 Å². The number of rotatable bonds is 4. The first-order chi connectivity index (χ1) is 12.1. The molecule has 4 nitrogen and oxygen atoms in total. The maximum absolute atomic E-state index is 13.8. The molecule has 0 atom stereocenters. The molecule has 0 bridgehead atoms. The Kier molecular flexibility index (Phi) is 6.71. The Morgan fingerprint density at radius 1 is 1.16 bits per heavy atom. The largest absolute Gasteiger partial charge is 0.337 e. The SMILES string of the molecule is CC.O=C(Nc1cccc(Cl)c1F)c1ncc(Cc2ccccc2)[nH]1. The van der Waals surface area contributed by atoms with E-state index < -0.39 is 11.7 Å². The quantitative estimate of drug-likeness (QED) is 0.683. The van der Waals surface area contributed by atoms with Gasteiger partial charge in [0.15, 0.2) is 11.6 Å². The number of nitrogens with one attached hydrogen (secondary N) is 2. The fourth-order valence-corrected chi connectivity index (χ4v) is 2.34. The van der Waals surface area contributed by atoms with E-state index in [0.717, 1.165) is 11.3 Å². The van der Waals surface area contributed by atoms with E-state index in [0.29, 0.717) is 6.42 Å². The molecule has 0 saturated carbocycles. The van der Waals surface area contributed by atoms with Gasteiger partial charge in [-0.3, -0.25) is 4.79 Å². The van der Waals surface area contributed by atoms with E-state index in [2.05, 4.69) is 15.3 Å². The highest BCUT2D eigenvalue weighted by atomic mass is 35.5. The van der Waals surface area contributed by atoms with Gasteiger partial charge in [-0.2, -0.15) is 0 Å². The number of H-pyrrole nitrogens is 1. The van der Waals surface area contributed by atoms with Gasteiger partial charge in [0.1, 0.15) is 0 Å². The number of hydrogen-bond donors (Lipinski definition) is 2. The third kappa shape index (κ3) is 4.90. The van der Waals surface area contributed by atoms with Gasteiger partial charge in [-0.05, 0) is 17.7 Å².